The van der Waals surface area contributed by atoms with E-state index in [1.807, 2.05) is 65.6 Å². The summed E-state index contributed by atoms with van der Waals surface area (Å²) in [6, 6.07) is 20.0. The van der Waals surface area contributed by atoms with Crippen LogP contribution in [0.5, 0.6) is 0 Å². The van der Waals surface area contributed by atoms with Crippen LogP contribution in [0.1, 0.15) is 28.6 Å². The molecule has 2 heterocycles. The highest BCUT2D eigenvalue weighted by molar-refractivity contribution is 5.94. The van der Waals surface area contributed by atoms with Gasteiger partial charge in [-0.25, -0.2) is 0 Å². The Morgan fingerprint density at radius 3 is 2.39 bits per heavy atom. The maximum Gasteiger partial charge on any atom is 0.253 e. The highest BCUT2D eigenvalue weighted by Crippen LogP contribution is 2.20. The number of carbonyl (C=O) groups excluding carboxylic acids is 1. The average molecular weight is 375 g/mol. The first-order valence-electron chi connectivity index (χ1n) is 9.84. The SMILES string of the molecule is CCc1ccc(C(=O)N2CCN(Cc3cc(-c4ccccc4)no3)CC2)cc1. The molecule has 144 valence electrons. The summed E-state index contributed by atoms with van der Waals surface area (Å²) >= 11 is 0. The van der Waals surface area contributed by atoms with E-state index in [-0.39, 0.29) is 5.91 Å². The van der Waals surface area contributed by atoms with Crippen molar-refractivity contribution in [3.63, 3.8) is 0 Å². The van der Waals surface area contributed by atoms with Gasteiger partial charge in [0.2, 0.25) is 0 Å². The normalized spacial score (nSPS) is 15.0. The third-order valence-corrected chi connectivity index (χ3v) is 5.28. The van der Waals surface area contributed by atoms with Crippen molar-refractivity contribution >= 4 is 5.91 Å². The van der Waals surface area contributed by atoms with Gasteiger partial charge in [-0.1, -0.05) is 54.5 Å². The van der Waals surface area contributed by atoms with Crippen molar-refractivity contribution in [3.8, 4) is 11.3 Å². The number of aromatic nitrogens is 1. The summed E-state index contributed by atoms with van der Waals surface area (Å²) in [6.45, 7) is 5.96. The van der Waals surface area contributed by atoms with Crippen LogP contribution in [-0.4, -0.2) is 47.0 Å². The second-order valence-corrected chi connectivity index (χ2v) is 7.16. The summed E-state index contributed by atoms with van der Waals surface area (Å²) in [4.78, 5) is 16.9. The van der Waals surface area contributed by atoms with Gasteiger partial charge in [0.1, 0.15) is 5.69 Å². The molecule has 3 aromatic rings. The maximum absolute atomic E-state index is 12.7. The van der Waals surface area contributed by atoms with Gasteiger partial charge >= 0.3 is 0 Å². The predicted octanol–water partition coefficient (Wildman–Crippen LogP) is 3.86. The summed E-state index contributed by atoms with van der Waals surface area (Å²) < 4.78 is 5.52. The number of amides is 1. The van der Waals surface area contributed by atoms with Gasteiger partial charge in [0, 0.05) is 43.4 Å². The fourth-order valence-corrected chi connectivity index (χ4v) is 3.53. The van der Waals surface area contributed by atoms with Gasteiger partial charge < -0.3 is 9.42 Å². The molecule has 4 rings (SSSR count). The smallest absolute Gasteiger partial charge is 0.253 e. The first-order valence-corrected chi connectivity index (χ1v) is 9.84. The Kier molecular flexibility index (Phi) is 5.53. The van der Waals surface area contributed by atoms with Gasteiger partial charge in [0.05, 0.1) is 6.54 Å². The Bertz CT molecular complexity index is 911. The monoisotopic (exact) mass is 375 g/mol. The summed E-state index contributed by atoms with van der Waals surface area (Å²) in [5, 5.41) is 4.18. The van der Waals surface area contributed by atoms with Crippen molar-refractivity contribution in [2.45, 2.75) is 19.9 Å². The molecular weight excluding hydrogens is 350 g/mol. The first-order chi connectivity index (χ1) is 13.7. The number of piperazine rings is 1. The van der Waals surface area contributed by atoms with Gasteiger partial charge in [0.15, 0.2) is 5.76 Å². The molecule has 1 aromatic heterocycles. The van der Waals surface area contributed by atoms with Gasteiger partial charge in [-0.05, 0) is 24.1 Å². The molecule has 2 aromatic carbocycles. The molecule has 0 bridgehead atoms. The molecule has 28 heavy (non-hydrogen) atoms. The molecule has 0 radical (unpaired) electrons. The number of hydrogen-bond acceptors (Lipinski definition) is 4. The van der Waals surface area contributed by atoms with E-state index in [2.05, 4.69) is 17.0 Å². The highest BCUT2D eigenvalue weighted by Gasteiger charge is 2.23. The maximum atomic E-state index is 12.7. The number of hydrogen-bond donors (Lipinski definition) is 0. The van der Waals surface area contributed by atoms with Crippen LogP contribution in [0.15, 0.2) is 65.2 Å². The van der Waals surface area contributed by atoms with Crippen molar-refractivity contribution in [3.05, 3.63) is 77.6 Å². The van der Waals surface area contributed by atoms with E-state index in [1.165, 1.54) is 5.56 Å². The minimum Gasteiger partial charge on any atom is -0.359 e. The molecule has 0 unspecified atom stereocenters. The molecule has 5 nitrogen and oxygen atoms in total. The van der Waals surface area contributed by atoms with E-state index >= 15 is 0 Å². The predicted molar refractivity (Wildman–Crippen MR) is 109 cm³/mol. The van der Waals surface area contributed by atoms with Crippen molar-refractivity contribution in [1.29, 1.82) is 0 Å². The fourth-order valence-electron chi connectivity index (χ4n) is 3.53. The quantitative estimate of drug-likeness (QED) is 0.679. The molecule has 5 heteroatoms. The van der Waals surface area contributed by atoms with Crippen LogP contribution >= 0.6 is 0 Å². The van der Waals surface area contributed by atoms with Gasteiger partial charge in [-0.2, -0.15) is 0 Å². The summed E-state index contributed by atoms with van der Waals surface area (Å²) in [6.07, 6.45) is 0.987. The van der Waals surface area contributed by atoms with Crippen LogP contribution < -0.4 is 0 Å². The van der Waals surface area contributed by atoms with Crippen LogP contribution in [0.2, 0.25) is 0 Å². The largest absolute Gasteiger partial charge is 0.359 e. The van der Waals surface area contributed by atoms with Crippen molar-refractivity contribution in [1.82, 2.24) is 15.0 Å². The Balaban J connectivity index is 1.32. The van der Waals surface area contributed by atoms with Gasteiger partial charge in [-0.15, -0.1) is 0 Å². The molecule has 1 amide bonds. The van der Waals surface area contributed by atoms with Crippen LogP contribution in [-0.2, 0) is 13.0 Å². The fraction of sp³-hybridized carbons (Fsp3) is 0.304. The number of rotatable bonds is 5. The minimum absolute atomic E-state index is 0.119. The number of aryl methyl sites for hydroxylation is 1. The first kappa shape index (κ1) is 18.4. The zero-order valence-corrected chi connectivity index (χ0v) is 16.2. The van der Waals surface area contributed by atoms with Crippen LogP contribution in [0.3, 0.4) is 0 Å². The van der Waals surface area contributed by atoms with E-state index in [9.17, 15) is 4.79 Å². The van der Waals surface area contributed by atoms with Crippen molar-refractivity contribution in [2.24, 2.45) is 0 Å². The zero-order valence-electron chi connectivity index (χ0n) is 16.2. The Labute approximate surface area is 165 Å². The second kappa shape index (κ2) is 8.40. The molecular formula is C23H25N3O2. The van der Waals surface area contributed by atoms with Crippen molar-refractivity contribution < 1.29 is 9.32 Å². The lowest BCUT2D eigenvalue weighted by atomic mass is 10.1. The molecule has 1 saturated heterocycles. The lowest BCUT2D eigenvalue weighted by Crippen LogP contribution is -2.48. The van der Waals surface area contributed by atoms with E-state index in [0.717, 1.165) is 55.2 Å². The van der Waals surface area contributed by atoms with E-state index in [4.69, 9.17) is 4.52 Å². The lowest BCUT2D eigenvalue weighted by Gasteiger charge is -2.34. The molecule has 1 aliphatic heterocycles. The summed E-state index contributed by atoms with van der Waals surface area (Å²) in [7, 11) is 0. The Morgan fingerprint density at radius 1 is 1.00 bits per heavy atom. The van der Waals surface area contributed by atoms with E-state index in [1.54, 1.807) is 0 Å². The van der Waals surface area contributed by atoms with Crippen LogP contribution in [0.4, 0.5) is 0 Å². The van der Waals surface area contributed by atoms with Gasteiger partial charge in [0.25, 0.3) is 5.91 Å². The lowest BCUT2D eigenvalue weighted by molar-refractivity contribution is 0.0617. The van der Waals surface area contributed by atoms with E-state index < -0.39 is 0 Å². The highest BCUT2D eigenvalue weighted by atomic mass is 16.5. The molecule has 0 atom stereocenters. The third kappa shape index (κ3) is 4.15. The molecule has 0 spiro atoms. The summed E-state index contributed by atoms with van der Waals surface area (Å²) in [5.74, 6) is 0.974. The second-order valence-electron chi connectivity index (χ2n) is 7.16. The number of carbonyl (C=O) groups is 1. The van der Waals surface area contributed by atoms with E-state index in [0.29, 0.717) is 6.54 Å². The number of nitrogens with zero attached hydrogens (tertiary/aromatic N) is 3. The van der Waals surface area contributed by atoms with Gasteiger partial charge in [-0.3, -0.25) is 9.69 Å². The Hall–Kier alpha value is -2.92. The third-order valence-electron chi connectivity index (χ3n) is 5.28. The minimum atomic E-state index is 0.119. The number of benzene rings is 2. The Morgan fingerprint density at radius 2 is 1.71 bits per heavy atom. The summed E-state index contributed by atoms with van der Waals surface area (Å²) in [5.41, 5.74) is 3.94. The van der Waals surface area contributed by atoms with Crippen LogP contribution in [0, 0.1) is 0 Å². The standard InChI is InChI=1S/C23H25N3O2/c1-2-18-8-10-20(11-9-18)23(27)26-14-12-25(13-15-26)17-21-16-22(24-28-21)19-6-4-3-5-7-19/h3-11,16H,2,12-15,17H2,1H3. The molecule has 0 N–H and O–H groups in total. The van der Waals surface area contributed by atoms with Crippen LogP contribution in [0.25, 0.3) is 11.3 Å². The average Bonchev–Trinajstić information content (AvgIpc) is 3.23. The zero-order chi connectivity index (χ0) is 19.3. The molecule has 0 aliphatic carbocycles. The topological polar surface area (TPSA) is 49.6 Å². The molecule has 1 fully saturated rings. The molecule has 1 aliphatic rings. The van der Waals surface area contributed by atoms with Crippen molar-refractivity contribution in [2.75, 3.05) is 26.2 Å². The molecule has 0 saturated carbocycles.